The number of halogens is 1. The van der Waals surface area contributed by atoms with E-state index in [0.717, 1.165) is 0 Å². The average molecular weight is 299 g/mol. The maximum atomic E-state index is 13.9. The molecule has 0 aliphatic carbocycles. The van der Waals surface area contributed by atoms with E-state index >= 15 is 0 Å². The van der Waals surface area contributed by atoms with Gasteiger partial charge >= 0.3 is 0 Å². The van der Waals surface area contributed by atoms with E-state index in [4.69, 9.17) is 9.47 Å². The highest BCUT2D eigenvalue weighted by atomic mass is 32.8. The molecule has 0 amide bonds. The molecule has 0 aromatic carbocycles. The van der Waals surface area contributed by atoms with Crippen molar-refractivity contribution in [2.75, 3.05) is 6.61 Å². The summed E-state index contributed by atoms with van der Waals surface area (Å²) in [5.74, 6) is 0. The van der Waals surface area contributed by atoms with Crippen LogP contribution in [0.2, 0.25) is 0 Å². The van der Waals surface area contributed by atoms with Gasteiger partial charge in [-0.25, -0.2) is 4.39 Å². The molecule has 1 heterocycles. The molecule has 17 heavy (non-hydrogen) atoms. The van der Waals surface area contributed by atoms with Crippen molar-refractivity contribution in [3.63, 3.8) is 0 Å². The second kappa shape index (κ2) is 7.37. The average Bonchev–Trinajstić information content (AvgIpc) is 2.54. The Morgan fingerprint density at radius 3 is 2.88 bits per heavy atom. The van der Waals surface area contributed by atoms with Gasteiger partial charge in [-0.3, -0.25) is 9.65 Å². The maximum Gasteiger partial charge on any atom is 0.209 e. The standard InChI is InChI=1S/C8H17BFNO3P2S/c1-4(2)13-3-5-7(11-16(17)15-12)6(10)8(9)14-5/h4-8,11,17H,3,9H2,1-2H3. The first kappa shape index (κ1) is 15.8. The molecular formula is C8H17BFNO3P2S. The van der Waals surface area contributed by atoms with Crippen LogP contribution in [0, 0.1) is 0 Å². The second-order valence-corrected chi connectivity index (χ2v) is 9.07. The number of nitrogens with one attached hydrogen (secondary N) is 1. The van der Waals surface area contributed by atoms with Gasteiger partial charge in [0.15, 0.2) is 0 Å². The Bertz CT molecular complexity index is 267. The Morgan fingerprint density at radius 1 is 1.71 bits per heavy atom. The molecule has 1 saturated heterocycles. The summed E-state index contributed by atoms with van der Waals surface area (Å²) >= 11 is 4.09. The van der Waals surface area contributed by atoms with Gasteiger partial charge in [-0.15, -0.1) is 12.2 Å². The molecule has 5 unspecified atom stereocenters. The number of thiol groups is 1. The molecule has 1 aliphatic heterocycles. The minimum absolute atomic E-state index is 0.0726. The summed E-state index contributed by atoms with van der Waals surface area (Å²) < 4.78 is 35.5. The van der Waals surface area contributed by atoms with E-state index in [1.165, 1.54) is 0 Å². The molecule has 0 radical (unpaired) electrons. The lowest BCUT2D eigenvalue weighted by molar-refractivity contribution is -0.0211. The fourth-order valence-electron chi connectivity index (χ4n) is 1.67. The number of hydrogen-bond donors (Lipinski definition) is 2. The summed E-state index contributed by atoms with van der Waals surface area (Å²) in [7, 11) is 1.57. The van der Waals surface area contributed by atoms with Gasteiger partial charge in [0.2, 0.25) is 8.15 Å². The molecule has 0 spiro atoms. The third-order valence-electron chi connectivity index (χ3n) is 2.52. The van der Waals surface area contributed by atoms with Crippen LogP contribution >= 0.6 is 27.4 Å². The molecule has 1 fully saturated rings. The zero-order chi connectivity index (χ0) is 13.0. The molecule has 0 aromatic heterocycles. The summed E-state index contributed by atoms with van der Waals surface area (Å²) in [5.41, 5.74) is 0. The van der Waals surface area contributed by atoms with Crippen molar-refractivity contribution in [3.8, 4) is 0 Å². The molecule has 9 heteroatoms. The van der Waals surface area contributed by atoms with Crippen molar-refractivity contribution in [2.24, 2.45) is 0 Å². The fraction of sp³-hybridized carbons (Fsp3) is 1.00. The van der Waals surface area contributed by atoms with Gasteiger partial charge in [0.25, 0.3) is 0 Å². The van der Waals surface area contributed by atoms with Crippen molar-refractivity contribution in [1.82, 2.24) is 5.09 Å². The first-order valence-electron chi connectivity index (χ1n) is 5.45. The minimum Gasteiger partial charge on any atom is -0.377 e. The smallest absolute Gasteiger partial charge is 0.209 e. The number of rotatable bonds is 6. The van der Waals surface area contributed by atoms with Crippen LogP contribution in [0.5, 0.6) is 0 Å². The first-order chi connectivity index (χ1) is 7.95. The van der Waals surface area contributed by atoms with Gasteiger partial charge in [-0.1, -0.05) is 0 Å². The fourth-order valence-corrected chi connectivity index (χ4v) is 3.24. The van der Waals surface area contributed by atoms with Crippen molar-refractivity contribution < 1.29 is 18.4 Å². The Balaban J connectivity index is 2.56. The van der Waals surface area contributed by atoms with E-state index in [0.29, 0.717) is 6.61 Å². The Labute approximate surface area is 110 Å². The van der Waals surface area contributed by atoms with E-state index in [-0.39, 0.29) is 20.4 Å². The first-order valence-corrected chi connectivity index (χ1v) is 9.46. The van der Waals surface area contributed by atoms with Crippen LogP contribution in [0.3, 0.4) is 0 Å². The molecule has 5 atom stereocenters. The monoisotopic (exact) mass is 299 g/mol. The van der Waals surface area contributed by atoms with Crippen LogP contribution in [0.25, 0.3) is 0 Å². The molecule has 0 bridgehead atoms. The lowest BCUT2D eigenvalue weighted by atomic mass is 9.93. The highest BCUT2D eigenvalue weighted by Crippen LogP contribution is 2.50. The van der Waals surface area contributed by atoms with E-state index in [2.05, 4.69) is 17.3 Å². The zero-order valence-corrected chi connectivity index (χ0v) is 12.7. The van der Waals surface area contributed by atoms with Gasteiger partial charge in [-0.05, 0) is 13.8 Å². The molecule has 0 aromatic rings. The number of ether oxygens (including phenoxy) is 2. The summed E-state index contributed by atoms with van der Waals surface area (Å²) in [4.78, 5) is 0. The minimum atomic E-state index is -1.20. The summed E-state index contributed by atoms with van der Waals surface area (Å²) in [5, 5.41) is 2.91. The third-order valence-corrected chi connectivity index (χ3v) is 5.02. The maximum absolute atomic E-state index is 13.9. The van der Waals surface area contributed by atoms with E-state index in [9.17, 15) is 8.96 Å². The number of hydrogen-bond acceptors (Lipinski definition) is 5. The van der Waals surface area contributed by atoms with Crippen LogP contribution in [-0.4, -0.2) is 44.9 Å². The van der Waals surface area contributed by atoms with Crippen LogP contribution in [-0.2, 0) is 14.0 Å². The van der Waals surface area contributed by atoms with Gasteiger partial charge in [0.1, 0.15) is 21.0 Å². The predicted octanol–water partition coefficient (Wildman–Crippen LogP) is 1.51. The number of alkyl halides is 1. The molecule has 0 saturated carbocycles. The second-order valence-electron chi connectivity index (χ2n) is 4.23. The van der Waals surface area contributed by atoms with Crippen LogP contribution in [0.1, 0.15) is 13.8 Å². The SMILES string of the molecule is BC1OC(COC(C)C)C(NP(S)P=O)C1F. The Morgan fingerprint density at radius 2 is 2.35 bits per heavy atom. The third kappa shape index (κ3) is 4.74. The van der Waals surface area contributed by atoms with Gasteiger partial charge < -0.3 is 9.47 Å². The highest BCUT2D eigenvalue weighted by Gasteiger charge is 2.43. The van der Waals surface area contributed by atoms with Crippen LogP contribution in [0.15, 0.2) is 0 Å². The zero-order valence-electron chi connectivity index (χ0n) is 10.0. The van der Waals surface area contributed by atoms with E-state index < -0.39 is 25.2 Å². The quantitative estimate of drug-likeness (QED) is 0.443. The molecular weight excluding hydrogens is 282 g/mol. The van der Waals surface area contributed by atoms with E-state index in [1.807, 2.05) is 13.8 Å². The normalized spacial score (nSPS) is 35.6. The predicted molar refractivity (Wildman–Crippen MR) is 73.6 cm³/mol. The summed E-state index contributed by atoms with van der Waals surface area (Å²) in [6.45, 7) is 2.95. The highest BCUT2D eigenvalue weighted by molar-refractivity contribution is 8.64. The molecule has 98 valence electrons. The molecule has 1 rings (SSSR count). The summed E-state index contributed by atoms with van der Waals surface area (Å²) in [6.07, 6.45) is -1.42. The van der Waals surface area contributed by atoms with Crippen molar-refractivity contribution in [1.29, 1.82) is 0 Å². The molecule has 1 N–H and O–H groups in total. The largest absolute Gasteiger partial charge is 0.377 e. The van der Waals surface area contributed by atoms with Crippen molar-refractivity contribution in [2.45, 2.75) is 44.3 Å². The lowest BCUT2D eigenvalue weighted by Gasteiger charge is -2.22. The summed E-state index contributed by atoms with van der Waals surface area (Å²) in [6, 6.07) is -0.984. The Kier molecular flexibility index (Phi) is 6.85. The lowest BCUT2D eigenvalue weighted by Crippen LogP contribution is -2.41. The van der Waals surface area contributed by atoms with Gasteiger partial charge in [0, 0.05) is 0 Å². The van der Waals surface area contributed by atoms with Crippen LogP contribution < -0.4 is 5.09 Å². The van der Waals surface area contributed by atoms with Gasteiger partial charge in [-0.2, -0.15) is 0 Å². The molecule has 4 nitrogen and oxygen atoms in total. The Hall–Kier alpha value is 0.755. The van der Waals surface area contributed by atoms with Crippen molar-refractivity contribution >= 4 is 35.2 Å². The van der Waals surface area contributed by atoms with Gasteiger partial charge in [0.05, 0.1) is 30.9 Å². The van der Waals surface area contributed by atoms with E-state index in [1.54, 1.807) is 7.85 Å². The van der Waals surface area contributed by atoms with Crippen LogP contribution in [0.4, 0.5) is 4.39 Å². The van der Waals surface area contributed by atoms with Crippen molar-refractivity contribution in [3.05, 3.63) is 0 Å². The molecule has 1 aliphatic rings. The topological polar surface area (TPSA) is 47.6 Å².